The van der Waals surface area contributed by atoms with Crippen LogP contribution in [-0.4, -0.2) is 26.3 Å². The van der Waals surface area contributed by atoms with E-state index in [1.807, 2.05) is 19.1 Å². The summed E-state index contributed by atoms with van der Waals surface area (Å²) < 4.78 is 5.30. The Labute approximate surface area is 89.9 Å². The highest BCUT2D eigenvalue weighted by Gasteiger charge is 2.11. The number of anilines is 1. The molecule has 1 aliphatic rings. The van der Waals surface area contributed by atoms with Crippen LogP contribution in [0, 0.1) is 18.3 Å². The molecule has 0 aromatic heterocycles. The predicted molar refractivity (Wildman–Crippen MR) is 58.9 cm³/mol. The standard InChI is InChI=1S/C12H14N2O/c1-10-6-11(9-13)8-12(7-10)14-2-4-15-5-3-14/h6-8H,2-5H2,1H3. The fourth-order valence-corrected chi connectivity index (χ4v) is 1.83. The molecule has 3 heteroatoms. The van der Waals surface area contributed by atoms with E-state index in [4.69, 9.17) is 10.00 Å². The van der Waals surface area contributed by atoms with Crippen molar-refractivity contribution < 1.29 is 4.74 Å². The van der Waals surface area contributed by atoms with Crippen LogP contribution >= 0.6 is 0 Å². The van der Waals surface area contributed by atoms with Crippen molar-refractivity contribution in [3.8, 4) is 6.07 Å². The molecule has 0 atom stereocenters. The van der Waals surface area contributed by atoms with Crippen LogP contribution in [0.2, 0.25) is 0 Å². The van der Waals surface area contributed by atoms with Crippen LogP contribution in [0.15, 0.2) is 18.2 Å². The molecular formula is C12H14N2O. The molecule has 0 unspecified atom stereocenters. The first-order valence-electron chi connectivity index (χ1n) is 5.14. The minimum absolute atomic E-state index is 0.733. The van der Waals surface area contributed by atoms with E-state index in [1.54, 1.807) is 0 Å². The maximum atomic E-state index is 8.89. The molecule has 1 aliphatic heterocycles. The van der Waals surface area contributed by atoms with Gasteiger partial charge in [0.15, 0.2) is 0 Å². The normalized spacial score (nSPS) is 16.1. The summed E-state index contributed by atoms with van der Waals surface area (Å²) in [5.74, 6) is 0. The average molecular weight is 202 g/mol. The van der Waals surface area contributed by atoms with Gasteiger partial charge in [-0.3, -0.25) is 0 Å². The average Bonchev–Trinajstić information content (AvgIpc) is 2.29. The molecule has 1 aromatic carbocycles. The van der Waals surface area contributed by atoms with Crippen LogP contribution < -0.4 is 4.90 Å². The summed E-state index contributed by atoms with van der Waals surface area (Å²) in [6, 6.07) is 8.16. The molecule has 78 valence electrons. The Morgan fingerprint density at radius 2 is 2.00 bits per heavy atom. The number of nitrogens with zero attached hydrogens (tertiary/aromatic N) is 2. The van der Waals surface area contributed by atoms with Gasteiger partial charge in [-0.25, -0.2) is 0 Å². The van der Waals surface area contributed by atoms with Gasteiger partial charge in [0.1, 0.15) is 0 Å². The van der Waals surface area contributed by atoms with Crippen molar-refractivity contribution in [2.45, 2.75) is 6.92 Å². The van der Waals surface area contributed by atoms with Crippen molar-refractivity contribution >= 4 is 5.69 Å². The van der Waals surface area contributed by atoms with Crippen molar-refractivity contribution in [1.82, 2.24) is 0 Å². The first-order valence-corrected chi connectivity index (χ1v) is 5.14. The second-order valence-electron chi connectivity index (χ2n) is 3.77. The highest BCUT2D eigenvalue weighted by molar-refractivity contribution is 5.54. The number of nitriles is 1. The third-order valence-electron chi connectivity index (χ3n) is 2.57. The summed E-state index contributed by atoms with van der Waals surface area (Å²) in [4.78, 5) is 2.26. The van der Waals surface area contributed by atoms with Crippen molar-refractivity contribution in [3.63, 3.8) is 0 Å². The zero-order valence-corrected chi connectivity index (χ0v) is 8.86. The Morgan fingerprint density at radius 3 is 2.67 bits per heavy atom. The first-order chi connectivity index (χ1) is 7.29. The Morgan fingerprint density at radius 1 is 1.27 bits per heavy atom. The maximum Gasteiger partial charge on any atom is 0.0992 e. The number of aryl methyl sites for hydroxylation is 1. The van der Waals surface area contributed by atoms with Gasteiger partial charge in [-0.2, -0.15) is 5.26 Å². The Bertz CT molecular complexity index is 389. The van der Waals surface area contributed by atoms with E-state index >= 15 is 0 Å². The van der Waals surface area contributed by atoms with Gasteiger partial charge in [-0.1, -0.05) is 0 Å². The number of hydrogen-bond acceptors (Lipinski definition) is 3. The number of morpholine rings is 1. The quantitative estimate of drug-likeness (QED) is 0.695. The molecule has 0 aliphatic carbocycles. The van der Waals surface area contributed by atoms with Gasteiger partial charge >= 0.3 is 0 Å². The minimum Gasteiger partial charge on any atom is -0.378 e. The third kappa shape index (κ3) is 2.28. The molecule has 0 amide bonds. The highest BCUT2D eigenvalue weighted by atomic mass is 16.5. The van der Waals surface area contributed by atoms with Crippen molar-refractivity contribution in [2.24, 2.45) is 0 Å². The molecular weight excluding hydrogens is 188 g/mol. The smallest absolute Gasteiger partial charge is 0.0992 e. The molecule has 0 spiro atoms. The van der Waals surface area contributed by atoms with E-state index in [2.05, 4.69) is 17.0 Å². The molecule has 1 heterocycles. The predicted octanol–water partition coefficient (Wildman–Crippen LogP) is 1.70. The van der Waals surface area contributed by atoms with E-state index in [0.717, 1.165) is 43.1 Å². The van der Waals surface area contributed by atoms with E-state index < -0.39 is 0 Å². The Kier molecular flexibility index (Phi) is 2.89. The maximum absolute atomic E-state index is 8.89. The summed E-state index contributed by atoms with van der Waals surface area (Å²) in [7, 11) is 0. The van der Waals surface area contributed by atoms with E-state index in [1.165, 1.54) is 0 Å². The molecule has 1 saturated heterocycles. The molecule has 3 nitrogen and oxygen atoms in total. The van der Waals surface area contributed by atoms with Crippen molar-refractivity contribution in [2.75, 3.05) is 31.2 Å². The lowest BCUT2D eigenvalue weighted by molar-refractivity contribution is 0.122. The topological polar surface area (TPSA) is 36.3 Å². The van der Waals surface area contributed by atoms with Crippen LogP contribution in [-0.2, 0) is 4.74 Å². The lowest BCUT2D eigenvalue weighted by Crippen LogP contribution is -2.36. The number of benzene rings is 1. The Balaban J connectivity index is 2.27. The summed E-state index contributed by atoms with van der Waals surface area (Å²) in [6.07, 6.45) is 0. The van der Waals surface area contributed by atoms with Gasteiger partial charge in [0.2, 0.25) is 0 Å². The third-order valence-corrected chi connectivity index (χ3v) is 2.57. The molecule has 0 N–H and O–H groups in total. The molecule has 0 saturated carbocycles. The lowest BCUT2D eigenvalue weighted by Gasteiger charge is -2.29. The molecule has 2 rings (SSSR count). The number of hydrogen-bond donors (Lipinski definition) is 0. The highest BCUT2D eigenvalue weighted by Crippen LogP contribution is 2.19. The van der Waals surface area contributed by atoms with Crippen LogP contribution in [0.1, 0.15) is 11.1 Å². The van der Waals surface area contributed by atoms with Crippen LogP contribution in [0.3, 0.4) is 0 Å². The first kappa shape index (κ1) is 10.0. The summed E-state index contributed by atoms with van der Waals surface area (Å²) in [5.41, 5.74) is 3.00. The van der Waals surface area contributed by atoms with E-state index in [-0.39, 0.29) is 0 Å². The summed E-state index contributed by atoms with van der Waals surface area (Å²) >= 11 is 0. The van der Waals surface area contributed by atoms with Gasteiger partial charge in [-0.15, -0.1) is 0 Å². The van der Waals surface area contributed by atoms with Crippen LogP contribution in [0.5, 0.6) is 0 Å². The van der Waals surface area contributed by atoms with Crippen LogP contribution in [0.25, 0.3) is 0 Å². The molecule has 0 radical (unpaired) electrons. The monoisotopic (exact) mass is 202 g/mol. The summed E-state index contributed by atoms with van der Waals surface area (Å²) in [5, 5.41) is 8.89. The molecule has 1 aromatic rings. The zero-order chi connectivity index (χ0) is 10.7. The largest absolute Gasteiger partial charge is 0.378 e. The Hall–Kier alpha value is -1.53. The second-order valence-corrected chi connectivity index (χ2v) is 3.77. The van der Waals surface area contributed by atoms with E-state index in [9.17, 15) is 0 Å². The molecule has 15 heavy (non-hydrogen) atoms. The lowest BCUT2D eigenvalue weighted by atomic mass is 10.1. The second kappa shape index (κ2) is 4.33. The zero-order valence-electron chi connectivity index (χ0n) is 8.86. The number of ether oxygens (including phenoxy) is 1. The van der Waals surface area contributed by atoms with Gasteiger partial charge in [-0.05, 0) is 30.7 Å². The number of rotatable bonds is 1. The van der Waals surface area contributed by atoms with Gasteiger partial charge < -0.3 is 9.64 Å². The van der Waals surface area contributed by atoms with Gasteiger partial charge in [0.05, 0.1) is 24.8 Å². The molecule has 1 fully saturated rings. The van der Waals surface area contributed by atoms with Crippen molar-refractivity contribution in [1.29, 1.82) is 5.26 Å². The fraction of sp³-hybridized carbons (Fsp3) is 0.417. The van der Waals surface area contributed by atoms with Gasteiger partial charge in [0.25, 0.3) is 0 Å². The SMILES string of the molecule is Cc1cc(C#N)cc(N2CCOCC2)c1. The molecule has 0 bridgehead atoms. The van der Waals surface area contributed by atoms with Crippen LogP contribution in [0.4, 0.5) is 5.69 Å². The van der Waals surface area contributed by atoms with Crippen molar-refractivity contribution in [3.05, 3.63) is 29.3 Å². The summed E-state index contributed by atoms with van der Waals surface area (Å²) in [6.45, 7) is 5.39. The fourth-order valence-electron chi connectivity index (χ4n) is 1.83. The van der Waals surface area contributed by atoms with E-state index in [0.29, 0.717) is 0 Å². The minimum atomic E-state index is 0.733. The van der Waals surface area contributed by atoms with Gasteiger partial charge in [0, 0.05) is 18.8 Å².